The molecule has 0 atom stereocenters. The Bertz CT molecular complexity index is 786. The molecule has 21 heavy (non-hydrogen) atoms. The number of hydrogen-bond donors (Lipinski definition) is 2. The van der Waals surface area contributed by atoms with Crippen molar-refractivity contribution < 1.29 is 9.63 Å². The molecule has 0 spiro atoms. The van der Waals surface area contributed by atoms with E-state index in [2.05, 4.69) is 26.1 Å². The maximum absolute atomic E-state index is 9.62. The van der Waals surface area contributed by atoms with Gasteiger partial charge in [0, 0.05) is 16.5 Å². The summed E-state index contributed by atoms with van der Waals surface area (Å²) in [6.07, 6.45) is 0.561. The van der Waals surface area contributed by atoms with Gasteiger partial charge in [0.15, 0.2) is 5.82 Å². The van der Waals surface area contributed by atoms with Crippen molar-refractivity contribution >= 4 is 21.6 Å². The Morgan fingerprint density at radius 2 is 2.00 bits per heavy atom. The minimum Gasteiger partial charge on any atom is -0.506 e. The number of rotatable bonds is 3. The molecular weight excluding hydrogens is 334 g/mol. The Labute approximate surface area is 129 Å². The molecule has 0 aliphatic carbocycles. The molecule has 0 radical (unpaired) electrons. The van der Waals surface area contributed by atoms with Crippen molar-refractivity contribution in [1.29, 1.82) is 0 Å². The van der Waals surface area contributed by atoms with Gasteiger partial charge in [-0.2, -0.15) is 4.98 Å². The number of aromatic hydroxyl groups is 1. The standard InChI is InChI=1S/C15H12BrN3O2/c16-11-4-2-1-3-9(11)8-14-18-15(21-19-14)10-5-6-12(17)13(20)7-10/h1-7,20H,8,17H2. The number of nitrogens with zero attached hydrogens (tertiary/aromatic N) is 2. The van der Waals surface area contributed by atoms with Gasteiger partial charge in [0.1, 0.15) is 5.75 Å². The van der Waals surface area contributed by atoms with E-state index in [1.807, 2.05) is 24.3 Å². The Hall–Kier alpha value is -2.34. The highest BCUT2D eigenvalue weighted by molar-refractivity contribution is 9.10. The van der Waals surface area contributed by atoms with Gasteiger partial charge in [0.25, 0.3) is 5.89 Å². The first-order valence-electron chi connectivity index (χ1n) is 6.28. The van der Waals surface area contributed by atoms with Crippen LogP contribution in [0.4, 0.5) is 5.69 Å². The monoisotopic (exact) mass is 345 g/mol. The van der Waals surface area contributed by atoms with E-state index in [-0.39, 0.29) is 5.75 Å². The number of phenols is 1. The zero-order chi connectivity index (χ0) is 14.8. The van der Waals surface area contributed by atoms with Crippen molar-refractivity contribution in [1.82, 2.24) is 10.1 Å². The average molecular weight is 346 g/mol. The van der Waals surface area contributed by atoms with Crippen LogP contribution in [0.2, 0.25) is 0 Å². The first-order valence-corrected chi connectivity index (χ1v) is 7.07. The number of benzene rings is 2. The zero-order valence-electron chi connectivity index (χ0n) is 11.0. The summed E-state index contributed by atoms with van der Waals surface area (Å²) in [6, 6.07) is 12.7. The van der Waals surface area contributed by atoms with E-state index in [9.17, 15) is 5.11 Å². The fraction of sp³-hybridized carbons (Fsp3) is 0.0667. The number of anilines is 1. The van der Waals surface area contributed by atoms with Gasteiger partial charge in [-0.1, -0.05) is 39.3 Å². The number of nitrogen functional groups attached to an aromatic ring is 1. The van der Waals surface area contributed by atoms with Crippen LogP contribution in [0.15, 0.2) is 51.5 Å². The van der Waals surface area contributed by atoms with E-state index in [4.69, 9.17) is 10.3 Å². The van der Waals surface area contributed by atoms with Gasteiger partial charge in [-0.3, -0.25) is 0 Å². The highest BCUT2D eigenvalue weighted by Gasteiger charge is 2.11. The lowest BCUT2D eigenvalue weighted by Gasteiger charge is -2.00. The summed E-state index contributed by atoms with van der Waals surface area (Å²) in [5, 5.41) is 13.6. The topological polar surface area (TPSA) is 85.2 Å². The third-order valence-corrected chi connectivity index (χ3v) is 3.83. The van der Waals surface area contributed by atoms with Crippen LogP contribution >= 0.6 is 15.9 Å². The molecule has 5 nitrogen and oxygen atoms in total. The number of phenolic OH excluding ortho intramolecular Hbond substituents is 1. The Morgan fingerprint density at radius 1 is 1.19 bits per heavy atom. The van der Waals surface area contributed by atoms with Gasteiger partial charge in [-0.25, -0.2) is 0 Å². The van der Waals surface area contributed by atoms with Gasteiger partial charge in [0.05, 0.1) is 5.69 Å². The van der Waals surface area contributed by atoms with E-state index in [0.29, 0.717) is 29.4 Å². The fourth-order valence-corrected chi connectivity index (χ4v) is 2.36. The van der Waals surface area contributed by atoms with Gasteiger partial charge in [-0.15, -0.1) is 0 Å². The van der Waals surface area contributed by atoms with Crippen molar-refractivity contribution in [3.05, 3.63) is 58.3 Å². The molecule has 0 aliphatic rings. The molecule has 106 valence electrons. The molecule has 0 bridgehead atoms. The molecule has 3 rings (SSSR count). The smallest absolute Gasteiger partial charge is 0.258 e. The average Bonchev–Trinajstić information content (AvgIpc) is 2.93. The van der Waals surface area contributed by atoms with E-state index in [1.54, 1.807) is 12.1 Å². The van der Waals surface area contributed by atoms with Crippen LogP contribution in [-0.2, 0) is 6.42 Å². The van der Waals surface area contributed by atoms with Crippen molar-refractivity contribution in [3.63, 3.8) is 0 Å². The van der Waals surface area contributed by atoms with Crippen molar-refractivity contribution in [2.75, 3.05) is 5.73 Å². The number of hydrogen-bond acceptors (Lipinski definition) is 5. The van der Waals surface area contributed by atoms with Crippen molar-refractivity contribution in [3.8, 4) is 17.2 Å². The van der Waals surface area contributed by atoms with E-state index in [1.165, 1.54) is 6.07 Å². The van der Waals surface area contributed by atoms with Gasteiger partial charge >= 0.3 is 0 Å². The summed E-state index contributed by atoms with van der Waals surface area (Å²) in [5.74, 6) is 0.929. The molecule has 0 amide bonds. The largest absolute Gasteiger partial charge is 0.506 e. The first kappa shape index (κ1) is 13.6. The number of aromatic nitrogens is 2. The van der Waals surface area contributed by atoms with Crippen LogP contribution in [0, 0.1) is 0 Å². The van der Waals surface area contributed by atoms with Crippen molar-refractivity contribution in [2.45, 2.75) is 6.42 Å². The predicted molar refractivity (Wildman–Crippen MR) is 82.8 cm³/mol. The summed E-state index contributed by atoms with van der Waals surface area (Å²) in [4.78, 5) is 4.34. The quantitative estimate of drug-likeness (QED) is 0.561. The zero-order valence-corrected chi connectivity index (χ0v) is 12.5. The van der Waals surface area contributed by atoms with E-state index in [0.717, 1.165) is 10.0 Å². The molecule has 1 heterocycles. The van der Waals surface area contributed by atoms with Crippen LogP contribution in [0.1, 0.15) is 11.4 Å². The summed E-state index contributed by atoms with van der Waals surface area (Å²) >= 11 is 3.49. The summed E-state index contributed by atoms with van der Waals surface area (Å²) in [5.41, 5.74) is 7.59. The van der Waals surface area contributed by atoms with E-state index >= 15 is 0 Å². The lowest BCUT2D eigenvalue weighted by Crippen LogP contribution is -1.92. The van der Waals surface area contributed by atoms with Gasteiger partial charge in [0.2, 0.25) is 0 Å². The van der Waals surface area contributed by atoms with Crippen LogP contribution in [-0.4, -0.2) is 15.2 Å². The summed E-state index contributed by atoms with van der Waals surface area (Å²) < 4.78 is 6.23. The van der Waals surface area contributed by atoms with Crippen LogP contribution in [0.3, 0.4) is 0 Å². The SMILES string of the molecule is Nc1ccc(-c2nc(Cc3ccccc3Br)no2)cc1O. The first-order chi connectivity index (χ1) is 10.1. The molecule has 3 aromatic rings. The number of halogens is 1. The Morgan fingerprint density at radius 3 is 2.76 bits per heavy atom. The lowest BCUT2D eigenvalue weighted by molar-refractivity contribution is 0.423. The summed E-state index contributed by atoms with van der Waals surface area (Å²) in [6.45, 7) is 0. The summed E-state index contributed by atoms with van der Waals surface area (Å²) in [7, 11) is 0. The maximum atomic E-state index is 9.62. The third kappa shape index (κ3) is 2.90. The van der Waals surface area contributed by atoms with Crippen molar-refractivity contribution in [2.24, 2.45) is 0 Å². The number of nitrogens with two attached hydrogens (primary N) is 1. The molecule has 0 unspecified atom stereocenters. The highest BCUT2D eigenvalue weighted by atomic mass is 79.9. The third-order valence-electron chi connectivity index (χ3n) is 3.05. The van der Waals surface area contributed by atoms with Gasteiger partial charge in [-0.05, 0) is 29.8 Å². The fourth-order valence-electron chi connectivity index (χ4n) is 1.93. The normalized spacial score (nSPS) is 10.7. The second kappa shape index (κ2) is 5.57. The Balaban J connectivity index is 1.86. The molecule has 1 aromatic heterocycles. The molecular formula is C15H12BrN3O2. The lowest BCUT2D eigenvalue weighted by atomic mass is 10.1. The van der Waals surface area contributed by atoms with Crippen LogP contribution in [0.25, 0.3) is 11.5 Å². The predicted octanol–water partition coefficient (Wildman–Crippen LogP) is 3.38. The molecule has 6 heteroatoms. The van der Waals surface area contributed by atoms with Crippen LogP contribution in [0.5, 0.6) is 5.75 Å². The molecule has 0 saturated heterocycles. The Kier molecular flexibility index (Phi) is 3.62. The highest BCUT2D eigenvalue weighted by Crippen LogP contribution is 2.27. The van der Waals surface area contributed by atoms with Gasteiger partial charge < -0.3 is 15.4 Å². The molecule has 0 fully saturated rings. The molecule has 0 saturated carbocycles. The second-order valence-corrected chi connectivity index (χ2v) is 5.41. The molecule has 0 aliphatic heterocycles. The molecule has 3 N–H and O–H groups in total. The maximum Gasteiger partial charge on any atom is 0.258 e. The van der Waals surface area contributed by atoms with Crippen LogP contribution < -0.4 is 5.73 Å². The minimum atomic E-state index is -0.00180. The minimum absolute atomic E-state index is 0.00180. The second-order valence-electron chi connectivity index (χ2n) is 4.56. The van der Waals surface area contributed by atoms with E-state index < -0.39 is 0 Å². The molecule has 2 aromatic carbocycles.